The Bertz CT molecular complexity index is 855. The van der Waals surface area contributed by atoms with Gasteiger partial charge in [-0.2, -0.15) is 5.10 Å². The van der Waals surface area contributed by atoms with Gasteiger partial charge in [-0.25, -0.2) is 5.01 Å². The fourth-order valence-corrected chi connectivity index (χ4v) is 3.29. The summed E-state index contributed by atoms with van der Waals surface area (Å²) in [5, 5.41) is 6.71. The van der Waals surface area contributed by atoms with Gasteiger partial charge in [-0.1, -0.05) is 23.7 Å². The maximum atomic E-state index is 12.1. The van der Waals surface area contributed by atoms with Gasteiger partial charge in [-0.3, -0.25) is 4.79 Å². The van der Waals surface area contributed by atoms with E-state index in [1.54, 1.807) is 21.3 Å². The third kappa shape index (κ3) is 3.71. The lowest BCUT2D eigenvalue weighted by Crippen LogP contribution is -2.24. The van der Waals surface area contributed by atoms with Crippen molar-refractivity contribution in [1.82, 2.24) is 5.01 Å². The molecule has 0 spiro atoms. The van der Waals surface area contributed by atoms with Gasteiger partial charge in [-0.15, -0.1) is 0 Å². The van der Waals surface area contributed by atoms with E-state index in [0.29, 0.717) is 28.7 Å². The van der Waals surface area contributed by atoms with Crippen LogP contribution in [-0.2, 0) is 4.79 Å². The molecule has 0 radical (unpaired) electrons. The van der Waals surface area contributed by atoms with Crippen LogP contribution in [0.3, 0.4) is 0 Å². The quantitative estimate of drug-likeness (QED) is 0.774. The van der Waals surface area contributed by atoms with Crippen molar-refractivity contribution in [2.75, 3.05) is 21.3 Å². The molecule has 3 rings (SSSR count). The zero-order valence-corrected chi connectivity index (χ0v) is 16.4. The smallest absolute Gasteiger partial charge is 0.240 e. The van der Waals surface area contributed by atoms with Gasteiger partial charge >= 0.3 is 0 Å². The number of ether oxygens (including phenoxy) is 3. The summed E-state index contributed by atoms with van der Waals surface area (Å²) in [6.07, 6.45) is 0.569. The van der Waals surface area contributed by atoms with Gasteiger partial charge in [0.1, 0.15) is 0 Å². The van der Waals surface area contributed by atoms with Crippen molar-refractivity contribution >= 4 is 23.2 Å². The number of rotatable bonds is 5. The molecular formula is C20H21ClN2O4. The maximum Gasteiger partial charge on any atom is 0.240 e. The second-order valence-corrected chi connectivity index (χ2v) is 6.53. The molecule has 0 saturated carbocycles. The molecule has 1 amide bonds. The largest absolute Gasteiger partial charge is 0.493 e. The van der Waals surface area contributed by atoms with E-state index in [-0.39, 0.29) is 11.9 Å². The van der Waals surface area contributed by atoms with E-state index in [1.807, 2.05) is 36.4 Å². The van der Waals surface area contributed by atoms with Crippen molar-refractivity contribution in [3.63, 3.8) is 0 Å². The summed E-state index contributed by atoms with van der Waals surface area (Å²) in [5.74, 6) is 1.47. The van der Waals surface area contributed by atoms with Crippen molar-refractivity contribution in [2.24, 2.45) is 5.10 Å². The number of methoxy groups -OCH3 is 3. The van der Waals surface area contributed by atoms with Gasteiger partial charge < -0.3 is 14.2 Å². The summed E-state index contributed by atoms with van der Waals surface area (Å²) in [6.45, 7) is 1.50. The van der Waals surface area contributed by atoms with Crippen LogP contribution in [0.2, 0.25) is 5.02 Å². The summed E-state index contributed by atoms with van der Waals surface area (Å²) in [6, 6.07) is 10.9. The molecule has 0 fully saturated rings. The summed E-state index contributed by atoms with van der Waals surface area (Å²) in [5.41, 5.74) is 2.55. The van der Waals surface area contributed by atoms with Crippen molar-refractivity contribution < 1.29 is 19.0 Å². The van der Waals surface area contributed by atoms with Crippen LogP contribution >= 0.6 is 11.6 Å². The highest BCUT2D eigenvalue weighted by atomic mass is 35.5. The topological polar surface area (TPSA) is 60.4 Å². The summed E-state index contributed by atoms with van der Waals surface area (Å²) >= 11 is 5.99. The second-order valence-electron chi connectivity index (χ2n) is 6.10. The molecule has 0 unspecified atom stereocenters. The molecular weight excluding hydrogens is 368 g/mol. The third-order valence-corrected chi connectivity index (χ3v) is 4.74. The molecule has 6 nitrogen and oxygen atoms in total. The Balaban J connectivity index is 2.01. The number of halogens is 1. The monoisotopic (exact) mass is 388 g/mol. The Morgan fingerprint density at radius 2 is 1.67 bits per heavy atom. The first-order valence-corrected chi connectivity index (χ1v) is 8.79. The van der Waals surface area contributed by atoms with Gasteiger partial charge in [0, 0.05) is 23.9 Å². The number of hydrogen-bond donors (Lipinski definition) is 0. The van der Waals surface area contributed by atoms with Crippen LogP contribution in [0.4, 0.5) is 0 Å². The molecule has 1 heterocycles. The first kappa shape index (κ1) is 19.0. The minimum atomic E-state index is -0.186. The van der Waals surface area contributed by atoms with Crippen LogP contribution in [0.1, 0.15) is 30.5 Å². The predicted octanol–water partition coefficient (Wildman–Crippen LogP) is 4.06. The average Bonchev–Trinajstić information content (AvgIpc) is 3.13. The molecule has 7 heteroatoms. The molecule has 1 aliphatic rings. The fourth-order valence-electron chi connectivity index (χ4n) is 3.17. The van der Waals surface area contributed by atoms with Gasteiger partial charge in [-0.05, 0) is 29.8 Å². The van der Waals surface area contributed by atoms with E-state index >= 15 is 0 Å². The molecule has 0 bridgehead atoms. The normalized spacial score (nSPS) is 16.1. The molecule has 1 aliphatic heterocycles. The van der Waals surface area contributed by atoms with Crippen LogP contribution in [0.15, 0.2) is 41.5 Å². The first-order chi connectivity index (χ1) is 13.0. The Kier molecular flexibility index (Phi) is 5.56. The van der Waals surface area contributed by atoms with Crippen LogP contribution < -0.4 is 14.2 Å². The number of nitrogens with zero attached hydrogens (tertiary/aromatic N) is 2. The Labute approximate surface area is 163 Å². The highest BCUT2D eigenvalue weighted by molar-refractivity contribution is 6.30. The van der Waals surface area contributed by atoms with E-state index in [9.17, 15) is 4.79 Å². The minimum absolute atomic E-state index is 0.127. The Hall–Kier alpha value is -2.73. The maximum absolute atomic E-state index is 12.1. The van der Waals surface area contributed by atoms with Gasteiger partial charge in [0.2, 0.25) is 11.7 Å². The van der Waals surface area contributed by atoms with Crippen molar-refractivity contribution in [3.8, 4) is 17.2 Å². The van der Waals surface area contributed by atoms with Crippen LogP contribution in [0, 0.1) is 0 Å². The Morgan fingerprint density at radius 3 is 2.15 bits per heavy atom. The molecule has 2 aromatic rings. The lowest BCUT2D eigenvalue weighted by atomic mass is 9.98. The molecule has 0 aromatic heterocycles. The van der Waals surface area contributed by atoms with Crippen molar-refractivity contribution in [1.29, 1.82) is 0 Å². The molecule has 0 saturated heterocycles. The summed E-state index contributed by atoms with van der Waals surface area (Å²) in [4.78, 5) is 12.1. The second kappa shape index (κ2) is 7.88. The minimum Gasteiger partial charge on any atom is -0.493 e. The van der Waals surface area contributed by atoms with E-state index in [0.717, 1.165) is 16.8 Å². The van der Waals surface area contributed by atoms with Crippen molar-refractivity contribution in [2.45, 2.75) is 19.4 Å². The highest BCUT2D eigenvalue weighted by Gasteiger charge is 2.32. The highest BCUT2D eigenvalue weighted by Crippen LogP contribution is 2.40. The number of carbonyl (C=O) groups excluding carboxylic acids is 1. The molecule has 0 N–H and O–H groups in total. The van der Waals surface area contributed by atoms with Crippen LogP contribution in [0.5, 0.6) is 17.2 Å². The Morgan fingerprint density at radius 1 is 1.07 bits per heavy atom. The standard InChI is InChI=1S/C20H21ClN2O4/c1-12(24)23-17(13-5-7-15(21)8-6-13)11-16(22-23)14-9-18(25-2)20(27-4)19(10-14)26-3/h5-10,17H,11H2,1-4H3/t17-/m1/s1. The van der Waals surface area contributed by atoms with Gasteiger partial charge in [0.25, 0.3) is 0 Å². The van der Waals surface area contributed by atoms with Gasteiger partial charge in [0.05, 0.1) is 33.1 Å². The first-order valence-electron chi connectivity index (χ1n) is 8.41. The predicted molar refractivity (Wildman–Crippen MR) is 104 cm³/mol. The third-order valence-electron chi connectivity index (χ3n) is 4.49. The number of carbonyl (C=O) groups is 1. The van der Waals surface area contributed by atoms with Gasteiger partial charge in [0.15, 0.2) is 11.5 Å². The molecule has 142 valence electrons. The SMILES string of the molecule is COc1cc(C2=NN(C(C)=O)[C@@H](c3ccc(Cl)cc3)C2)cc(OC)c1OC. The molecule has 2 aromatic carbocycles. The van der Waals surface area contributed by atoms with Crippen molar-refractivity contribution in [3.05, 3.63) is 52.5 Å². The summed E-state index contributed by atoms with van der Waals surface area (Å²) < 4.78 is 16.2. The fraction of sp³-hybridized carbons (Fsp3) is 0.300. The number of amides is 1. The average molecular weight is 389 g/mol. The zero-order valence-electron chi connectivity index (χ0n) is 15.7. The summed E-state index contributed by atoms with van der Waals surface area (Å²) in [7, 11) is 4.69. The van der Waals surface area contributed by atoms with Crippen LogP contribution in [-0.4, -0.2) is 38.0 Å². The number of hydrogen-bond acceptors (Lipinski definition) is 5. The lowest BCUT2D eigenvalue weighted by Gasteiger charge is -2.20. The molecule has 27 heavy (non-hydrogen) atoms. The van der Waals surface area contributed by atoms with Crippen LogP contribution in [0.25, 0.3) is 0 Å². The molecule has 1 atom stereocenters. The number of benzene rings is 2. The van der Waals surface area contributed by atoms with E-state index < -0.39 is 0 Å². The number of hydrazone groups is 1. The van der Waals surface area contributed by atoms with E-state index in [1.165, 1.54) is 11.9 Å². The van der Waals surface area contributed by atoms with E-state index in [4.69, 9.17) is 25.8 Å². The zero-order chi connectivity index (χ0) is 19.6. The lowest BCUT2D eigenvalue weighted by molar-refractivity contribution is -0.130. The molecule has 0 aliphatic carbocycles. The van der Waals surface area contributed by atoms with E-state index in [2.05, 4.69) is 5.10 Å².